The molecule has 17 heavy (non-hydrogen) atoms. The molecule has 2 aliphatic rings. The van der Waals surface area contributed by atoms with Crippen molar-refractivity contribution in [3.05, 3.63) is 58.0 Å². The van der Waals surface area contributed by atoms with E-state index in [1.165, 1.54) is 26.8 Å². The van der Waals surface area contributed by atoms with Crippen molar-refractivity contribution < 1.29 is 0 Å². The van der Waals surface area contributed by atoms with Crippen molar-refractivity contribution >= 4 is 22.9 Å². The first kappa shape index (κ1) is 9.23. The van der Waals surface area contributed by atoms with Gasteiger partial charge in [-0.2, -0.15) is 0 Å². The Morgan fingerprint density at radius 1 is 1.12 bits per heavy atom. The Kier molecular flexibility index (Phi) is 1.69. The molecule has 0 aromatic heterocycles. The predicted molar refractivity (Wildman–Crippen MR) is 73.4 cm³/mol. The maximum Gasteiger partial charge on any atom is 0.00682 e. The number of hydrogen-bond acceptors (Lipinski definition) is 0. The highest BCUT2D eigenvalue weighted by Gasteiger charge is 2.18. The van der Waals surface area contributed by atoms with Crippen LogP contribution in [0.5, 0.6) is 0 Å². The third-order valence-corrected chi connectivity index (χ3v) is 4.08. The van der Waals surface area contributed by atoms with Gasteiger partial charge in [-0.25, -0.2) is 0 Å². The van der Waals surface area contributed by atoms with Gasteiger partial charge in [-0.1, -0.05) is 48.6 Å². The molecule has 0 heteroatoms. The van der Waals surface area contributed by atoms with Gasteiger partial charge in [0.15, 0.2) is 0 Å². The van der Waals surface area contributed by atoms with Crippen molar-refractivity contribution in [3.63, 3.8) is 0 Å². The smallest absolute Gasteiger partial charge is 0.00682 e. The van der Waals surface area contributed by atoms with Gasteiger partial charge in [0, 0.05) is 5.92 Å². The van der Waals surface area contributed by atoms with Crippen LogP contribution in [-0.4, -0.2) is 0 Å². The maximum atomic E-state index is 2.41. The maximum absolute atomic E-state index is 2.41. The zero-order chi connectivity index (χ0) is 11.4. The van der Waals surface area contributed by atoms with Crippen LogP contribution in [0.4, 0.5) is 0 Å². The Bertz CT molecular complexity index is 776. The molecule has 2 aromatic carbocycles. The lowest BCUT2D eigenvalue weighted by molar-refractivity contribution is 0.876. The van der Waals surface area contributed by atoms with E-state index in [2.05, 4.69) is 55.5 Å². The van der Waals surface area contributed by atoms with E-state index in [0.717, 1.165) is 6.42 Å². The molecule has 2 aliphatic carbocycles. The van der Waals surface area contributed by atoms with Crippen molar-refractivity contribution in [2.75, 3.05) is 0 Å². The average molecular weight is 218 g/mol. The van der Waals surface area contributed by atoms with Crippen LogP contribution in [0, 0.1) is 6.92 Å². The summed E-state index contributed by atoms with van der Waals surface area (Å²) in [5.41, 5.74) is 2.95. The molecule has 0 bridgehead atoms. The summed E-state index contributed by atoms with van der Waals surface area (Å²) in [6, 6.07) is 9.01. The Hall–Kier alpha value is -1.82. The van der Waals surface area contributed by atoms with Gasteiger partial charge in [-0.3, -0.25) is 0 Å². The molecule has 0 amide bonds. The molecule has 82 valence electrons. The quantitative estimate of drug-likeness (QED) is 0.638. The average Bonchev–Trinajstić information content (AvgIpc) is 2.38. The number of benzene rings is 2. The third-order valence-electron chi connectivity index (χ3n) is 4.08. The molecular weight excluding hydrogens is 204 g/mol. The lowest BCUT2D eigenvalue weighted by atomic mass is 9.81. The van der Waals surface area contributed by atoms with Crippen LogP contribution in [-0.2, 0) is 0 Å². The van der Waals surface area contributed by atoms with Crippen LogP contribution in [0.25, 0.3) is 22.9 Å². The third kappa shape index (κ3) is 1.13. The van der Waals surface area contributed by atoms with Gasteiger partial charge in [-0.05, 0) is 45.7 Å². The van der Waals surface area contributed by atoms with E-state index in [1.54, 1.807) is 5.56 Å². The SMILES string of the molecule is Cc1ccc2ccc3c4c2c1=CCC4C=CC=3. The zero-order valence-electron chi connectivity index (χ0n) is 9.90. The number of allylic oxidation sites excluding steroid dienone is 2. The number of aryl methyl sites for hydroxylation is 1. The molecule has 4 rings (SSSR count). The van der Waals surface area contributed by atoms with Crippen LogP contribution in [0.15, 0.2) is 36.4 Å². The van der Waals surface area contributed by atoms with Crippen LogP contribution in [0.3, 0.4) is 0 Å². The Morgan fingerprint density at radius 2 is 2.00 bits per heavy atom. The van der Waals surface area contributed by atoms with E-state index in [0.29, 0.717) is 5.92 Å². The van der Waals surface area contributed by atoms with E-state index in [4.69, 9.17) is 0 Å². The van der Waals surface area contributed by atoms with Gasteiger partial charge >= 0.3 is 0 Å². The van der Waals surface area contributed by atoms with Crippen LogP contribution in [0.1, 0.15) is 23.5 Å². The largest absolute Gasteiger partial charge is 0.0766 e. The lowest BCUT2D eigenvalue weighted by Crippen LogP contribution is -2.24. The van der Waals surface area contributed by atoms with Gasteiger partial charge < -0.3 is 0 Å². The second-order valence-electron chi connectivity index (χ2n) is 5.06. The van der Waals surface area contributed by atoms with Crippen molar-refractivity contribution in [2.45, 2.75) is 19.3 Å². The molecule has 0 heterocycles. The van der Waals surface area contributed by atoms with Gasteiger partial charge in [0.25, 0.3) is 0 Å². The normalized spacial score (nSPS) is 19.9. The first-order chi connectivity index (χ1) is 8.34. The standard InChI is InChI=1S/C17H14/c1-11-5-6-14-8-7-12-3-2-4-13-9-10-15(11)17(14)16(12)13/h2-8,10,13H,9H2,1H3. The van der Waals surface area contributed by atoms with Crippen molar-refractivity contribution in [1.82, 2.24) is 0 Å². The first-order valence-electron chi connectivity index (χ1n) is 6.25. The summed E-state index contributed by atoms with van der Waals surface area (Å²) in [6.07, 6.45) is 10.3. The molecule has 0 spiro atoms. The zero-order valence-corrected chi connectivity index (χ0v) is 9.90. The Morgan fingerprint density at radius 3 is 2.94 bits per heavy atom. The molecule has 0 nitrogen and oxygen atoms in total. The molecule has 0 radical (unpaired) electrons. The Balaban J connectivity index is 2.36. The monoisotopic (exact) mass is 218 g/mol. The van der Waals surface area contributed by atoms with Crippen LogP contribution in [0.2, 0.25) is 0 Å². The van der Waals surface area contributed by atoms with E-state index >= 15 is 0 Å². The summed E-state index contributed by atoms with van der Waals surface area (Å²) >= 11 is 0. The molecule has 0 N–H and O–H groups in total. The molecule has 0 saturated heterocycles. The summed E-state index contributed by atoms with van der Waals surface area (Å²) in [6.45, 7) is 2.22. The summed E-state index contributed by atoms with van der Waals surface area (Å²) in [5, 5.41) is 5.73. The van der Waals surface area contributed by atoms with Crippen LogP contribution < -0.4 is 10.4 Å². The molecule has 0 saturated carbocycles. The highest BCUT2D eigenvalue weighted by Crippen LogP contribution is 2.30. The molecule has 1 atom stereocenters. The highest BCUT2D eigenvalue weighted by atomic mass is 14.2. The fraction of sp³-hybridized carbons (Fsp3) is 0.176. The molecule has 0 aliphatic heterocycles. The number of rotatable bonds is 0. The van der Waals surface area contributed by atoms with Crippen molar-refractivity contribution in [3.8, 4) is 0 Å². The summed E-state index contributed by atoms with van der Waals surface area (Å²) in [4.78, 5) is 0. The number of hydrogen-bond donors (Lipinski definition) is 0. The van der Waals surface area contributed by atoms with Crippen molar-refractivity contribution in [2.24, 2.45) is 0 Å². The molecular formula is C17H14. The van der Waals surface area contributed by atoms with Crippen LogP contribution >= 0.6 is 0 Å². The first-order valence-corrected chi connectivity index (χ1v) is 6.25. The lowest BCUT2D eigenvalue weighted by Gasteiger charge is -2.22. The van der Waals surface area contributed by atoms with Gasteiger partial charge in [-0.15, -0.1) is 0 Å². The molecule has 0 fully saturated rings. The molecule has 2 aromatic rings. The summed E-state index contributed by atoms with van der Waals surface area (Å²) in [7, 11) is 0. The van der Waals surface area contributed by atoms with Gasteiger partial charge in [0.1, 0.15) is 0 Å². The highest BCUT2D eigenvalue weighted by molar-refractivity contribution is 5.90. The van der Waals surface area contributed by atoms with Gasteiger partial charge in [0.05, 0.1) is 0 Å². The van der Waals surface area contributed by atoms with E-state index in [-0.39, 0.29) is 0 Å². The van der Waals surface area contributed by atoms with Crippen molar-refractivity contribution in [1.29, 1.82) is 0 Å². The topological polar surface area (TPSA) is 0 Å². The Labute approximate surface area is 101 Å². The second kappa shape index (κ2) is 3.10. The fourth-order valence-electron chi connectivity index (χ4n) is 3.23. The minimum atomic E-state index is 0.591. The minimum Gasteiger partial charge on any atom is -0.0766 e. The summed E-state index contributed by atoms with van der Waals surface area (Å²) in [5.74, 6) is 0.591. The summed E-state index contributed by atoms with van der Waals surface area (Å²) < 4.78 is 0. The van der Waals surface area contributed by atoms with E-state index in [1.807, 2.05) is 0 Å². The predicted octanol–water partition coefficient (Wildman–Crippen LogP) is 2.77. The minimum absolute atomic E-state index is 0.591. The van der Waals surface area contributed by atoms with Gasteiger partial charge in [0.2, 0.25) is 0 Å². The van der Waals surface area contributed by atoms with E-state index in [9.17, 15) is 0 Å². The van der Waals surface area contributed by atoms with E-state index < -0.39 is 0 Å². The fourth-order valence-corrected chi connectivity index (χ4v) is 3.23. The second-order valence-corrected chi connectivity index (χ2v) is 5.06. The molecule has 1 unspecified atom stereocenters.